The smallest absolute Gasteiger partial charge is 0.463 e. The summed E-state index contributed by atoms with van der Waals surface area (Å²) in [4.78, 5) is 29.3. The summed E-state index contributed by atoms with van der Waals surface area (Å²) in [6.07, 6.45) is 8.52. The molecule has 10 bridgehead atoms. The SMILES string of the molecule is CN1c2ccc3cc2Sc2ccc(cc21)CC(=O)OCCOCC[n+]1ccc(cc1)-c1cc[n+](cc1)CCOCCOC(=O)C3.F[B-](F)(F)F.F[B-](F)(F)F. The second-order valence-electron chi connectivity index (χ2n) is 11.9. The molecule has 0 spiro atoms. The Kier molecular flexibility index (Phi) is 15.9. The van der Waals surface area contributed by atoms with Crippen molar-refractivity contribution in [2.75, 3.05) is 51.6 Å². The van der Waals surface area contributed by atoms with Crippen LogP contribution in [-0.4, -0.2) is 73.1 Å². The maximum Gasteiger partial charge on any atom is 0.673 e. The Morgan fingerprint density at radius 3 is 1.47 bits per heavy atom. The topological polar surface area (TPSA) is 82.1 Å². The molecule has 0 amide bonds. The summed E-state index contributed by atoms with van der Waals surface area (Å²) in [5.74, 6) is -0.561. The number of hydrogen-bond donors (Lipinski definition) is 0. The number of rotatable bonds is 0. The monoisotopic (exact) mass is 801 g/mol. The molecule has 0 unspecified atom stereocenters. The maximum atomic E-state index is 12.5. The minimum atomic E-state index is -6.00. The van der Waals surface area contributed by atoms with Crippen molar-refractivity contribution in [3.8, 4) is 11.1 Å². The molecule has 20 heteroatoms. The van der Waals surface area contributed by atoms with Gasteiger partial charge in [-0.3, -0.25) is 9.59 Å². The number of pyridine rings is 2. The molecule has 4 aromatic rings. The highest BCUT2D eigenvalue weighted by molar-refractivity contribution is 7.99. The van der Waals surface area contributed by atoms with Gasteiger partial charge >= 0.3 is 26.4 Å². The van der Waals surface area contributed by atoms with E-state index in [9.17, 15) is 44.1 Å². The number of carbonyl (C=O) groups is 2. The van der Waals surface area contributed by atoms with Gasteiger partial charge in [0.05, 0.1) is 37.4 Å². The van der Waals surface area contributed by atoms with Gasteiger partial charge in [0, 0.05) is 41.1 Å². The highest BCUT2D eigenvalue weighted by atomic mass is 32.2. The Hall–Kier alpha value is -4.68. The number of benzene rings is 2. The van der Waals surface area contributed by atoms with Gasteiger partial charge in [0.1, 0.15) is 26.4 Å². The number of esters is 2. The average molecular weight is 801 g/mol. The largest absolute Gasteiger partial charge is 0.673 e. The van der Waals surface area contributed by atoms with Crippen molar-refractivity contribution >= 4 is 49.6 Å². The van der Waals surface area contributed by atoms with E-state index in [-0.39, 0.29) is 38.0 Å². The number of aromatic nitrogens is 2. The van der Waals surface area contributed by atoms with Gasteiger partial charge < -0.3 is 58.4 Å². The molecule has 0 aliphatic carbocycles. The number of anilines is 2. The van der Waals surface area contributed by atoms with Crippen LogP contribution in [-0.2, 0) is 54.5 Å². The Bertz CT molecular complexity index is 1850. The Morgan fingerprint density at radius 2 is 1.00 bits per heavy atom. The Balaban J connectivity index is 0.000000599. The number of halogens is 8. The molecule has 11 heterocycles. The van der Waals surface area contributed by atoms with Gasteiger partial charge in [0.25, 0.3) is 0 Å². The van der Waals surface area contributed by atoms with Gasteiger partial charge in [-0.15, -0.1) is 0 Å². The number of carbonyl (C=O) groups excluding carboxylic acids is 2. The lowest BCUT2D eigenvalue weighted by molar-refractivity contribution is -0.698. The normalized spacial score (nSPS) is 15.8. The molecule has 0 saturated carbocycles. The second kappa shape index (κ2) is 20.3. The van der Waals surface area contributed by atoms with Crippen LogP contribution in [0.4, 0.5) is 45.9 Å². The predicted molar refractivity (Wildman–Crippen MR) is 189 cm³/mol. The van der Waals surface area contributed by atoms with Gasteiger partial charge in [-0.2, -0.15) is 0 Å². The van der Waals surface area contributed by atoms with E-state index in [1.54, 1.807) is 11.8 Å². The van der Waals surface area contributed by atoms with E-state index in [4.69, 9.17) is 18.9 Å². The van der Waals surface area contributed by atoms with Gasteiger partial charge in [-0.05, 0) is 46.5 Å². The van der Waals surface area contributed by atoms with Crippen LogP contribution in [0, 0.1) is 0 Å². The van der Waals surface area contributed by atoms with Gasteiger partial charge in [-0.25, -0.2) is 9.13 Å². The van der Waals surface area contributed by atoms with Crippen LogP contribution in [0.15, 0.2) is 95.2 Å². The van der Waals surface area contributed by atoms with Crippen molar-refractivity contribution in [2.24, 2.45) is 0 Å². The van der Waals surface area contributed by atoms with Gasteiger partial charge in [0.15, 0.2) is 37.9 Å². The van der Waals surface area contributed by atoms with Crippen molar-refractivity contribution in [2.45, 2.75) is 35.7 Å². The third-order valence-corrected chi connectivity index (χ3v) is 8.88. The van der Waals surface area contributed by atoms with Crippen molar-refractivity contribution in [3.63, 3.8) is 0 Å². The molecule has 55 heavy (non-hydrogen) atoms. The van der Waals surface area contributed by atoms with Crippen molar-refractivity contribution in [3.05, 3.63) is 96.6 Å². The first kappa shape index (κ1) is 43.1. The van der Waals surface area contributed by atoms with Crippen LogP contribution in [0.3, 0.4) is 0 Å². The molecule has 0 atom stereocenters. The summed E-state index contributed by atoms with van der Waals surface area (Å²) in [5.41, 5.74) is 6.11. The molecule has 9 nitrogen and oxygen atoms in total. The molecule has 0 N–H and O–H groups in total. The number of hydrogen-bond acceptors (Lipinski definition) is 8. The molecule has 13 rings (SSSR count). The highest BCUT2D eigenvalue weighted by Gasteiger charge is 2.23. The first-order chi connectivity index (χ1) is 26.0. The molecule has 2 aromatic heterocycles. The van der Waals surface area contributed by atoms with Crippen LogP contribution in [0.2, 0.25) is 0 Å². The molecule has 0 radical (unpaired) electrons. The molecule has 296 valence electrons. The van der Waals surface area contributed by atoms with E-state index in [0.717, 1.165) is 43.4 Å². The van der Waals surface area contributed by atoms with E-state index in [2.05, 4.69) is 38.3 Å². The fraction of sp³-hybridized carbons (Fsp3) is 0.314. The van der Waals surface area contributed by atoms with Crippen LogP contribution >= 0.6 is 11.8 Å². The summed E-state index contributed by atoms with van der Waals surface area (Å²) in [6.45, 7) is 3.58. The van der Waals surface area contributed by atoms with E-state index in [0.29, 0.717) is 39.5 Å². The zero-order valence-corrected chi connectivity index (χ0v) is 30.3. The number of nitrogens with zero attached hydrogens (tertiary/aromatic N) is 3. The van der Waals surface area contributed by atoms with Crippen molar-refractivity contribution in [1.82, 2.24) is 0 Å². The first-order valence-electron chi connectivity index (χ1n) is 16.9. The lowest BCUT2D eigenvalue weighted by Gasteiger charge is -2.30. The minimum absolute atomic E-state index is 0.189. The Morgan fingerprint density at radius 1 is 0.564 bits per heavy atom. The Labute approximate surface area is 316 Å². The molecule has 0 saturated heterocycles. The zero-order valence-electron chi connectivity index (χ0n) is 29.5. The summed E-state index contributed by atoms with van der Waals surface area (Å²) in [7, 11) is -9.99. The number of ether oxygens (including phenoxy) is 4. The average Bonchev–Trinajstić information content (AvgIpc) is 3.10. The molecule has 0 fully saturated rings. The summed E-state index contributed by atoms with van der Waals surface area (Å²) < 4.78 is 104. The van der Waals surface area contributed by atoms with Crippen molar-refractivity contribution < 1.29 is 72.2 Å². The van der Waals surface area contributed by atoms with Crippen LogP contribution < -0.4 is 14.0 Å². The fourth-order valence-electron chi connectivity index (χ4n) is 5.30. The van der Waals surface area contributed by atoms with Crippen LogP contribution in [0.1, 0.15) is 11.1 Å². The van der Waals surface area contributed by atoms with Crippen LogP contribution in [0.5, 0.6) is 0 Å². The fourth-order valence-corrected chi connectivity index (χ4v) is 6.50. The van der Waals surface area contributed by atoms with Crippen molar-refractivity contribution in [1.29, 1.82) is 0 Å². The lowest BCUT2D eigenvalue weighted by atomic mass is 10.1. The second-order valence-corrected chi connectivity index (χ2v) is 13.0. The van der Waals surface area contributed by atoms with E-state index < -0.39 is 14.5 Å². The van der Waals surface area contributed by atoms with E-state index >= 15 is 0 Å². The zero-order chi connectivity index (χ0) is 40.0. The lowest BCUT2D eigenvalue weighted by Crippen LogP contribution is -2.35. The van der Waals surface area contributed by atoms with E-state index in [1.807, 2.05) is 68.2 Å². The maximum absolute atomic E-state index is 12.5. The highest BCUT2D eigenvalue weighted by Crippen LogP contribution is 2.48. The third-order valence-electron chi connectivity index (χ3n) is 7.77. The summed E-state index contributed by atoms with van der Waals surface area (Å²) in [6, 6.07) is 20.4. The molecule has 9 aliphatic rings. The third kappa shape index (κ3) is 15.9. The molecular formula is C35H37B2F8N3O6S. The van der Waals surface area contributed by atoms with E-state index in [1.165, 1.54) is 0 Å². The molecule has 2 aromatic carbocycles. The summed E-state index contributed by atoms with van der Waals surface area (Å²) in [5, 5.41) is 0. The summed E-state index contributed by atoms with van der Waals surface area (Å²) >= 11 is 1.65. The molecule has 9 aliphatic heterocycles. The van der Waals surface area contributed by atoms with Gasteiger partial charge in [-0.1, -0.05) is 23.9 Å². The minimum Gasteiger partial charge on any atom is -0.463 e. The quantitative estimate of drug-likeness (QED) is 0.0845. The predicted octanol–water partition coefficient (Wildman–Crippen LogP) is 6.68. The first-order valence-corrected chi connectivity index (χ1v) is 17.7. The van der Waals surface area contributed by atoms with Gasteiger partial charge in [0.2, 0.25) is 0 Å². The van der Waals surface area contributed by atoms with Crippen LogP contribution in [0.25, 0.3) is 11.1 Å². The standard InChI is InChI=1S/C35H37N3O6S.2BF4/c1-36-30-4-2-27-23-33(30)45-32-5-3-26(22-31(32)36)24-34(39)43-20-18-41-16-14-37-10-6-28(7-11-37)29-8-12-38(13-9-29)15-17-42-19-21-44-35(40)25-27;2*2-1(3,4)5/h2-13,22-23H,14-21,24-25H2,1H3;;/q+2;2*-1. The molecular weight excluding hydrogens is 764 g/mol.